The van der Waals surface area contributed by atoms with Crippen LogP contribution in [-0.4, -0.2) is 17.0 Å². The highest BCUT2D eigenvalue weighted by molar-refractivity contribution is 9.10. The van der Waals surface area contributed by atoms with Crippen LogP contribution in [0, 0.1) is 0 Å². The highest BCUT2D eigenvalue weighted by Gasteiger charge is 2.09. The van der Waals surface area contributed by atoms with E-state index in [1.165, 1.54) is 5.56 Å². The minimum atomic E-state index is 0.396. The summed E-state index contributed by atoms with van der Waals surface area (Å²) in [7, 11) is 1.88. The lowest BCUT2D eigenvalue weighted by atomic mass is 10.1. The maximum Gasteiger partial charge on any atom is 0.135 e. The summed E-state index contributed by atoms with van der Waals surface area (Å²) in [4.78, 5) is 9.17. The molecule has 0 spiro atoms. The van der Waals surface area contributed by atoms with Crippen LogP contribution in [0.25, 0.3) is 0 Å². The van der Waals surface area contributed by atoms with E-state index in [9.17, 15) is 0 Å². The van der Waals surface area contributed by atoms with Crippen molar-refractivity contribution in [2.24, 2.45) is 0 Å². The van der Waals surface area contributed by atoms with Crippen molar-refractivity contribution in [3.63, 3.8) is 0 Å². The molecule has 19 heavy (non-hydrogen) atoms. The summed E-state index contributed by atoms with van der Waals surface area (Å²) in [5.41, 5.74) is 2.27. The Hall–Kier alpha value is -1.42. The van der Waals surface area contributed by atoms with Crippen LogP contribution in [0.3, 0.4) is 0 Å². The average Bonchev–Trinajstić information content (AvgIpc) is 2.41. The monoisotopic (exact) mass is 319 g/mol. The highest BCUT2D eigenvalue weighted by Crippen LogP contribution is 2.20. The predicted molar refractivity (Wildman–Crippen MR) is 82.6 cm³/mol. The first-order valence-corrected chi connectivity index (χ1v) is 7.18. The lowest BCUT2D eigenvalue weighted by Crippen LogP contribution is -2.05. The second-order valence-corrected chi connectivity index (χ2v) is 5.62. The summed E-state index contributed by atoms with van der Waals surface area (Å²) in [5, 5.41) is 3.10. The third-order valence-electron chi connectivity index (χ3n) is 2.95. The molecule has 0 bridgehead atoms. The largest absolute Gasteiger partial charge is 0.373 e. The van der Waals surface area contributed by atoms with Crippen LogP contribution in [0.4, 0.5) is 5.82 Å². The molecule has 0 aliphatic rings. The van der Waals surface area contributed by atoms with Gasteiger partial charge in [-0.15, -0.1) is 0 Å². The molecule has 100 valence electrons. The van der Waals surface area contributed by atoms with Crippen LogP contribution in [0.5, 0.6) is 0 Å². The molecule has 0 fully saturated rings. The lowest BCUT2D eigenvalue weighted by molar-refractivity contribution is 0.792. The Balaban J connectivity index is 2.34. The van der Waals surface area contributed by atoms with Crippen molar-refractivity contribution < 1.29 is 0 Å². The van der Waals surface area contributed by atoms with Gasteiger partial charge in [0.05, 0.1) is 0 Å². The van der Waals surface area contributed by atoms with E-state index in [4.69, 9.17) is 0 Å². The SMILES string of the molecule is CNc1cc(C(C)C)nc(Cc2ccccc2Br)n1. The van der Waals surface area contributed by atoms with Gasteiger partial charge in [0.25, 0.3) is 0 Å². The van der Waals surface area contributed by atoms with Gasteiger partial charge >= 0.3 is 0 Å². The molecule has 2 rings (SSSR count). The summed E-state index contributed by atoms with van der Waals surface area (Å²) >= 11 is 3.57. The van der Waals surface area contributed by atoms with E-state index < -0.39 is 0 Å². The number of halogens is 1. The fraction of sp³-hybridized carbons (Fsp3) is 0.333. The molecule has 1 N–H and O–H groups in total. The summed E-state index contributed by atoms with van der Waals surface area (Å²) in [6, 6.07) is 10.2. The standard InChI is InChI=1S/C15H18BrN3/c1-10(2)13-9-14(17-3)19-15(18-13)8-11-6-4-5-7-12(11)16/h4-7,9-10H,8H2,1-3H3,(H,17,18,19). The Morgan fingerprint density at radius 2 is 1.95 bits per heavy atom. The molecule has 0 aliphatic heterocycles. The Kier molecular flexibility index (Phi) is 4.53. The van der Waals surface area contributed by atoms with Gasteiger partial charge in [-0.05, 0) is 17.5 Å². The Morgan fingerprint density at radius 3 is 2.58 bits per heavy atom. The molecule has 0 amide bonds. The van der Waals surface area contributed by atoms with Crippen LogP contribution in [0.1, 0.15) is 36.8 Å². The van der Waals surface area contributed by atoms with Crippen LogP contribution in [0.2, 0.25) is 0 Å². The summed E-state index contributed by atoms with van der Waals surface area (Å²) < 4.78 is 1.10. The van der Waals surface area contributed by atoms with Crippen molar-refractivity contribution in [3.8, 4) is 0 Å². The van der Waals surface area contributed by atoms with Crippen LogP contribution < -0.4 is 5.32 Å². The average molecular weight is 320 g/mol. The molecule has 2 aromatic rings. The predicted octanol–water partition coefficient (Wildman–Crippen LogP) is 4.00. The molecular weight excluding hydrogens is 302 g/mol. The van der Waals surface area contributed by atoms with E-state index in [1.807, 2.05) is 31.3 Å². The molecule has 0 unspecified atom stereocenters. The Bertz CT molecular complexity index is 567. The zero-order valence-corrected chi connectivity index (χ0v) is 13.0. The van der Waals surface area contributed by atoms with Crippen molar-refractivity contribution in [1.82, 2.24) is 9.97 Å². The fourth-order valence-corrected chi connectivity index (χ4v) is 2.26. The minimum Gasteiger partial charge on any atom is -0.373 e. The number of nitrogens with zero attached hydrogens (tertiary/aromatic N) is 2. The Morgan fingerprint density at radius 1 is 1.21 bits per heavy atom. The molecule has 0 aliphatic carbocycles. The Labute approximate surface area is 122 Å². The third kappa shape index (κ3) is 3.53. The number of nitrogens with one attached hydrogen (secondary N) is 1. The zero-order valence-electron chi connectivity index (χ0n) is 11.4. The second-order valence-electron chi connectivity index (χ2n) is 4.77. The third-order valence-corrected chi connectivity index (χ3v) is 3.72. The van der Waals surface area contributed by atoms with Gasteiger partial charge in [0.1, 0.15) is 11.6 Å². The van der Waals surface area contributed by atoms with E-state index in [0.29, 0.717) is 5.92 Å². The van der Waals surface area contributed by atoms with E-state index in [-0.39, 0.29) is 0 Å². The van der Waals surface area contributed by atoms with E-state index in [2.05, 4.69) is 51.1 Å². The van der Waals surface area contributed by atoms with Crippen molar-refractivity contribution in [3.05, 3.63) is 51.9 Å². The van der Waals surface area contributed by atoms with Crippen LogP contribution in [-0.2, 0) is 6.42 Å². The number of aromatic nitrogens is 2. The maximum atomic E-state index is 4.65. The lowest BCUT2D eigenvalue weighted by Gasteiger charge is -2.10. The van der Waals surface area contributed by atoms with Gasteiger partial charge in [0.2, 0.25) is 0 Å². The first-order chi connectivity index (χ1) is 9.10. The maximum absolute atomic E-state index is 4.65. The van der Waals surface area contributed by atoms with Crippen molar-refractivity contribution in [2.45, 2.75) is 26.2 Å². The minimum absolute atomic E-state index is 0.396. The first-order valence-electron chi connectivity index (χ1n) is 6.39. The molecule has 1 aromatic carbocycles. The molecule has 1 aromatic heterocycles. The number of hydrogen-bond donors (Lipinski definition) is 1. The summed E-state index contributed by atoms with van der Waals surface area (Å²) in [6.07, 6.45) is 0.733. The molecule has 0 saturated carbocycles. The fourth-order valence-electron chi connectivity index (χ4n) is 1.83. The van der Waals surface area contributed by atoms with Gasteiger partial charge in [0.15, 0.2) is 0 Å². The molecular formula is C15H18BrN3. The summed E-state index contributed by atoms with van der Waals surface area (Å²) in [6.45, 7) is 4.29. The van der Waals surface area contributed by atoms with Crippen LogP contribution in [0.15, 0.2) is 34.8 Å². The molecule has 0 atom stereocenters. The van der Waals surface area contributed by atoms with E-state index in [0.717, 1.165) is 28.2 Å². The molecule has 4 heteroatoms. The van der Waals surface area contributed by atoms with Crippen LogP contribution >= 0.6 is 15.9 Å². The van der Waals surface area contributed by atoms with Gasteiger partial charge in [-0.25, -0.2) is 9.97 Å². The quantitative estimate of drug-likeness (QED) is 0.925. The van der Waals surface area contributed by atoms with Gasteiger partial charge in [-0.2, -0.15) is 0 Å². The van der Waals surface area contributed by atoms with E-state index in [1.54, 1.807) is 0 Å². The van der Waals surface area contributed by atoms with Gasteiger partial charge in [-0.1, -0.05) is 48.0 Å². The topological polar surface area (TPSA) is 37.8 Å². The molecule has 0 radical (unpaired) electrons. The van der Waals surface area contributed by atoms with Gasteiger partial charge in [-0.3, -0.25) is 0 Å². The normalized spacial score (nSPS) is 10.8. The summed E-state index contributed by atoms with van der Waals surface area (Å²) in [5.74, 6) is 2.12. The molecule has 0 saturated heterocycles. The van der Waals surface area contributed by atoms with Crippen molar-refractivity contribution >= 4 is 21.7 Å². The van der Waals surface area contributed by atoms with E-state index >= 15 is 0 Å². The first kappa shape index (κ1) is 14.0. The van der Waals surface area contributed by atoms with Crippen molar-refractivity contribution in [1.29, 1.82) is 0 Å². The number of hydrogen-bond acceptors (Lipinski definition) is 3. The second kappa shape index (κ2) is 6.15. The van der Waals surface area contributed by atoms with Gasteiger partial charge < -0.3 is 5.32 Å². The number of rotatable bonds is 4. The number of anilines is 1. The zero-order chi connectivity index (χ0) is 13.8. The van der Waals surface area contributed by atoms with Gasteiger partial charge in [0, 0.05) is 29.7 Å². The number of benzene rings is 1. The van der Waals surface area contributed by atoms with Crippen molar-refractivity contribution in [2.75, 3.05) is 12.4 Å². The smallest absolute Gasteiger partial charge is 0.135 e. The highest BCUT2D eigenvalue weighted by atomic mass is 79.9. The molecule has 3 nitrogen and oxygen atoms in total. The molecule has 1 heterocycles.